The molecule has 1 aromatic heterocycles. The molecule has 5 heteroatoms. The molecule has 0 aliphatic rings. The van der Waals surface area contributed by atoms with E-state index < -0.39 is 5.97 Å². The number of carboxylic acids is 1. The molecule has 0 saturated carbocycles. The van der Waals surface area contributed by atoms with Crippen molar-refractivity contribution in [1.82, 2.24) is 15.0 Å². The molecular weight excluding hydrogens is 242 g/mol. The van der Waals surface area contributed by atoms with E-state index in [-0.39, 0.29) is 5.69 Å². The molecule has 0 aliphatic heterocycles. The van der Waals surface area contributed by atoms with E-state index in [0.29, 0.717) is 18.2 Å². The van der Waals surface area contributed by atoms with E-state index in [2.05, 4.69) is 24.2 Å². The highest BCUT2D eigenvalue weighted by Gasteiger charge is 2.20. The first-order valence-electron chi connectivity index (χ1n) is 6.31. The third kappa shape index (κ3) is 2.99. The molecule has 0 unspecified atom stereocenters. The maximum absolute atomic E-state index is 11.2. The van der Waals surface area contributed by atoms with Crippen LogP contribution in [0.5, 0.6) is 0 Å². The van der Waals surface area contributed by atoms with Gasteiger partial charge in [-0.1, -0.05) is 49.4 Å². The summed E-state index contributed by atoms with van der Waals surface area (Å²) in [5.74, 6) is -0.518. The standard InChI is InChI=1S/C14H17N3O2/c1-10(2)8-9-17-13(11-6-4-3-5-7-11)12(14(18)19)15-16-17/h3-7,10H,8-9H2,1-2H3,(H,18,19). The van der Waals surface area contributed by atoms with Gasteiger partial charge in [0.1, 0.15) is 5.69 Å². The Labute approximate surface area is 111 Å². The van der Waals surface area contributed by atoms with Gasteiger partial charge in [-0.2, -0.15) is 0 Å². The van der Waals surface area contributed by atoms with Crippen molar-refractivity contribution >= 4 is 5.97 Å². The van der Waals surface area contributed by atoms with Crippen molar-refractivity contribution in [2.75, 3.05) is 0 Å². The highest BCUT2D eigenvalue weighted by molar-refractivity contribution is 5.92. The molecule has 5 nitrogen and oxygen atoms in total. The molecular formula is C14H17N3O2. The Hall–Kier alpha value is -2.17. The molecule has 2 aromatic rings. The number of rotatable bonds is 5. The van der Waals surface area contributed by atoms with E-state index in [1.807, 2.05) is 30.3 Å². The number of aromatic nitrogens is 3. The molecule has 0 amide bonds. The molecule has 0 spiro atoms. The van der Waals surface area contributed by atoms with Gasteiger partial charge in [0.05, 0.1) is 0 Å². The zero-order valence-corrected chi connectivity index (χ0v) is 11.1. The topological polar surface area (TPSA) is 68.0 Å². The van der Waals surface area contributed by atoms with Gasteiger partial charge in [-0.3, -0.25) is 0 Å². The van der Waals surface area contributed by atoms with E-state index in [4.69, 9.17) is 0 Å². The maximum atomic E-state index is 11.2. The second-order valence-electron chi connectivity index (χ2n) is 4.86. The van der Waals surface area contributed by atoms with Crippen LogP contribution >= 0.6 is 0 Å². The lowest BCUT2D eigenvalue weighted by atomic mass is 10.1. The molecule has 100 valence electrons. The quantitative estimate of drug-likeness (QED) is 0.896. The first-order valence-corrected chi connectivity index (χ1v) is 6.31. The highest BCUT2D eigenvalue weighted by Crippen LogP contribution is 2.22. The average Bonchev–Trinajstić information content (AvgIpc) is 2.81. The minimum atomic E-state index is -1.05. The zero-order chi connectivity index (χ0) is 13.8. The van der Waals surface area contributed by atoms with Crippen LogP contribution in [0.3, 0.4) is 0 Å². The van der Waals surface area contributed by atoms with Crippen LogP contribution in [0.4, 0.5) is 0 Å². The lowest BCUT2D eigenvalue weighted by Crippen LogP contribution is -2.07. The zero-order valence-electron chi connectivity index (χ0n) is 11.1. The summed E-state index contributed by atoms with van der Waals surface area (Å²) in [6.07, 6.45) is 0.933. The summed E-state index contributed by atoms with van der Waals surface area (Å²) >= 11 is 0. The van der Waals surface area contributed by atoms with Gasteiger partial charge in [0.2, 0.25) is 0 Å². The van der Waals surface area contributed by atoms with Crippen LogP contribution in [0, 0.1) is 5.92 Å². The number of carboxylic acid groups (broad SMARTS) is 1. The van der Waals surface area contributed by atoms with E-state index >= 15 is 0 Å². The van der Waals surface area contributed by atoms with Gasteiger partial charge in [-0.05, 0) is 12.3 Å². The van der Waals surface area contributed by atoms with Gasteiger partial charge >= 0.3 is 5.97 Å². The number of aryl methyl sites for hydroxylation is 1. The van der Waals surface area contributed by atoms with Gasteiger partial charge in [0.25, 0.3) is 0 Å². The number of carbonyl (C=O) groups is 1. The van der Waals surface area contributed by atoms with Crippen molar-refractivity contribution in [3.63, 3.8) is 0 Å². The molecule has 0 radical (unpaired) electrons. The van der Waals surface area contributed by atoms with Gasteiger partial charge < -0.3 is 5.11 Å². The minimum Gasteiger partial charge on any atom is -0.476 e. The third-order valence-corrected chi connectivity index (χ3v) is 2.90. The Morgan fingerprint density at radius 3 is 2.58 bits per heavy atom. The molecule has 0 saturated heterocycles. The Kier molecular flexibility index (Phi) is 3.94. The van der Waals surface area contributed by atoms with E-state index in [0.717, 1.165) is 12.0 Å². The fourth-order valence-corrected chi connectivity index (χ4v) is 1.88. The minimum absolute atomic E-state index is 0.00922. The summed E-state index contributed by atoms with van der Waals surface area (Å²) in [6.45, 7) is 4.91. The Morgan fingerprint density at radius 1 is 1.32 bits per heavy atom. The predicted octanol–water partition coefficient (Wildman–Crippen LogP) is 2.69. The lowest BCUT2D eigenvalue weighted by Gasteiger charge is -2.08. The monoisotopic (exact) mass is 259 g/mol. The normalized spacial score (nSPS) is 10.9. The molecule has 2 rings (SSSR count). The summed E-state index contributed by atoms with van der Waals surface area (Å²) in [6, 6.07) is 9.39. The molecule has 1 N–H and O–H groups in total. The first-order chi connectivity index (χ1) is 9.09. The van der Waals surface area contributed by atoms with Gasteiger partial charge in [-0.15, -0.1) is 5.10 Å². The van der Waals surface area contributed by atoms with Crippen LogP contribution < -0.4 is 0 Å². The Balaban J connectivity index is 2.42. The van der Waals surface area contributed by atoms with Crippen molar-refractivity contribution in [2.45, 2.75) is 26.8 Å². The largest absolute Gasteiger partial charge is 0.476 e. The fourth-order valence-electron chi connectivity index (χ4n) is 1.88. The van der Waals surface area contributed by atoms with Gasteiger partial charge in [-0.25, -0.2) is 9.48 Å². The smallest absolute Gasteiger partial charge is 0.358 e. The van der Waals surface area contributed by atoms with Crippen molar-refractivity contribution in [3.05, 3.63) is 36.0 Å². The molecule has 0 aliphatic carbocycles. The predicted molar refractivity (Wildman–Crippen MR) is 71.9 cm³/mol. The lowest BCUT2D eigenvalue weighted by molar-refractivity contribution is 0.0691. The number of aromatic carboxylic acids is 1. The second-order valence-corrected chi connectivity index (χ2v) is 4.86. The van der Waals surface area contributed by atoms with Crippen molar-refractivity contribution in [3.8, 4) is 11.3 Å². The van der Waals surface area contributed by atoms with Crippen LogP contribution in [-0.4, -0.2) is 26.1 Å². The van der Waals surface area contributed by atoms with E-state index in [1.165, 1.54) is 0 Å². The summed E-state index contributed by atoms with van der Waals surface area (Å²) in [7, 11) is 0. The average molecular weight is 259 g/mol. The van der Waals surface area contributed by atoms with Crippen LogP contribution in [0.15, 0.2) is 30.3 Å². The van der Waals surface area contributed by atoms with Crippen molar-refractivity contribution < 1.29 is 9.90 Å². The van der Waals surface area contributed by atoms with E-state index in [1.54, 1.807) is 4.68 Å². The van der Waals surface area contributed by atoms with Crippen molar-refractivity contribution in [1.29, 1.82) is 0 Å². The summed E-state index contributed by atoms with van der Waals surface area (Å²) in [5.41, 5.74) is 1.41. The van der Waals surface area contributed by atoms with Crippen LogP contribution in [-0.2, 0) is 6.54 Å². The molecule has 1 heterocycles. The summed E-state index contributed by atoms with van der Waals surface area (Å²) in [5, 5.41) is 17.0. The molecule has 19 heavy (non-hydrogen) atoms. The van der Waals surface area contributed by atoms with Gasteiger partial charge in [0, 0.05) is 12.1 Å². The summed E-state index contributed by atoms with van der Waals surface area (Å²) in [4.78, 5) is 11.2. The Morgan fingerprint density at radius 2 is 2.00 bits per heavy atom. The Bertz CT molecular complexity index is 561. The molecule has 1 aromatic carbocycles. The second kappa shape index (κ2) is 5.65. The number of nitrogens with zero attached hydrogens (tertiary/aromatic N) is 3. The number of hydrogen-bond donors (Lipinski definition) is 1. The van der Waals surface area contributed by atoms with Crippen LogP contribution in [0.2, 0.25) is 0 Å². The van der Waals surface area contributed by atoms with E-state index in [9.17, 15) is 9.90 Å². The van der Waals surface area contributed by atoms with Crippen molar-refractivity contribution in [2.24, 2.45) is 5.92 Å². The maximum Gasteiger partial charge on any atom is 0.358 e. The van der Waals surface area contributed by atoms with Gasteiger partial charge in [0.15, 0.2) is 5.69 Å². The third-order valence-electron chi connectivity index (χ3n) is 2.90. The highest BCUT2D eigenvalue weighted by atomic mass is 16.4. The molecule has 0 fully saturated rings. The van der Waals surface area contributed by atoms with Crippen LogP contribution in [0.25, 0.3) is 11.3 Å². The first kappa shape index (κ1) is 13.3. The number of hydrogen-bond acceptors (Lipinski definition) is 3. The number of benzene rings is 1. The molecule has 0 atom stereocenters. The SMILES string of the molecule is CC(C)CCn1nnc(C(=O)O)c1-c1ccccc1. The fraction of sp³-hybridized carbons (Fsp3) is 0.357. The van der Waals surface area contributed by atoms with Crippen LogP contribution in [0.1, 0.15) is 30.8 Å². The molecule has 0 bridgehead atoms. The summed E-state index contributed by atoms with van der Waals surface area (Å²) < 4.78 is 1.68.